The molecule has 0 aliphatic carbocycles. The number of rotatable bonds is 6. The van der Waals surface area contributed by atoms with Crippen molar-refractivity contribution in [2.45, 2.75) is 24.3 Å². The van der Waals surface area contributed by atoms with Crippen LogP contribution in [0, 0.1) is 6.92 Å². The Morgan fingerprint density at radius 1 is 1.04 bits per heavy atom. The fourth-order valence-corrected chi connectivity index (χ4v) is 4.27. The summed E-state index contributed by atoms with van der Waals surface area (Å²) in [5.41, 5.74) is 1.86. The Morgan fingerprint density at radius 3 is 2.33 bits per heavy atom. The van der Waals surface area contributed by atoms with Crippen molar-refractivity contribution in [3.8, 4) is 11.5 Å². The maximum absolute atomic E-state index is 12.7. The molecule has 144 valence electrons. The fourth-order valence-electron chi connectivity index (χ4n) is 3.03. The van der Waals surface area contributed by atoms with Gasteiger partial charge in [0.15, 0.2) is 11.5 Å². The summed E-state index contributed by atoms with van der Waals surface area (Å²) in [6.45, 7) is 2.25. The zero-order valence-corrected chi connectivity index (χ0v) is 16.2. The van der Waals surface area contributed by atoms with Crippen LogP contribution < -0.4 is 19.1 Å². The van der Waals surface area contributed by atoms with Gasteiger partial charge in [0, 0.05) is 30.8 Å². The number of benzene rings is 2. The number of carbonyl (C=O) groups excluding carboxylic acids is 1. The molecule has 0 aromatic heterocycles. The second-order valence-electron chi connectivity index (χ2n) is 6.38. The monoisotopic (exact) mass is 390 g/mol. The molecule has 0 spiro atoms. The average Bonchev–Trinajstić information content (AvgIpc) is 3.01. The first-order valence-electron chi connectivity index (χ1n) is 8.45. The van der Waals surface area contributed by atoms with Gasteiger partial charge in [0.1, 0.15) is 0 Å². The highest BCUT2D eigenvalue weighted by molar-refractivity contribution is 7.89. The van der Waals surface area contributed by atoms with E-state index >= 15 is 0 Å². The van der Waals surface area contributed by atoms with Gasteiger partial charge in [-0.25, -0.2) is 13.1 Å². The first-order chi connectivity index (χ1) is 12.8. The Labute approximate surface area is 158 Å². The van der Waals surface area contributed by atoms with Gasteiger partial charge in [-0.15, -0.1) is 0 Å². The fraction of sp³-hybridized carbons (Fsp3) is 0.316. The molecule has 1 fully saturated rings. The SMILES string of the molecule is COc1ccc(S(=O)(=O)NC2CC(=O)N(c3ccc(C)cc3)C2)cc1OC. The third-order valence-electron chi connectivity index (χ3n) is 4.46. The van der Waals surface area contributed by atoms with E-state index in [4.69, 9.17) is 9.47 Å². The zero-order valence-electron chi connectivity index (χ0n) is 15.4. The molecule has 2 aromatic rings. The average molecular weight is 390 g/mol. The molecule has 1 aliphatic rings. The minimum atomic E-state index is -3.80. The molecule has 8 heteroatoms. The maximum atomic E-state index is 12.7. The Balaban J connectivity index is 1.77. The summed E-state index contributed by atoms with van der Waals surface area (Å²) >= 11 is 0. The van der Waals surface area contributed by atoms with Crippen LogP contribution in [0.1, 0.15) is 12.0 Å². The Morgan fingerprint density at radius 2 is 1.70 bits per heavy atom. The summed E-state index contributed by atoms with van der Waals surface area (Å²) in [7, 11) is -0.880. The van der Waals surface area contributed by atoms with Gasteiger partial charge in [0.2, 0.25) is 15.9 Å². The number of hydrogen-bond donors (Lipinski definition) is 1. The second-order valence-corrected chi connectivity index (χ2v) is 8.09. The van der Waals surface area contributed by atoms with Crippen LogP contribution in [0.15, 0.2) is 47.4 Å². The van der Waals surface area contributed by atoms with Crippen molar-refractivity contribution in [3.05, 3.63) is 48.0 Å². The molecular formula is C19H22N2O5S. The lowest BCUT2D eigenvalue weighted by Crippen LogP contribution is -2.37. The van der Waals surface area contributed by atoms with E-state index < -0.39 is 16.1 Å². The van der Waals surface area contributed by atoms with Gasteiger partial charge in [-0.1, -0.05) is 17.7 Å². The van der Waals surface area contributed by atoms with Crippen molar-refractivity contribution >= 4 is 21.6 Å². The number of hydrogen-bond acceptors (Lipinski definition) is 5. The van der Waals surface area contributed by atoms with Gasteiger partial charge < -0.3 is 14.4 Å². The van der Waals surface area contributed by atoms with Gasteiger partial charge >= 0.3 is 0 Å². The molecule has 27 heavy (non-hydrogen) atoms. The van der Waals surface area contributed by atoms with Gasteiger partial charge in [0.25, 0.3) is 0 Å². The van der Waals surface area contributed by atoms with Gasteiger partial charge in [-0.2, -0.15) is 0 Å². The highest BCUT2D eigenvalue weighted by atomic mass is 32.2. The molecule has 1 saturated heterocycles. The maximum Gasteiger partial charge on any atom is 0.241 e. The molecule has 1 unspecified atom stereocenters. The predicted octanol–water partition coefficient (Wildman–Crippen LogP) is 2.10. The largest absolute Gasteiger partial charge is 0.493 e. The van der Waals surface area contributed by atoms with E-state index in [0.29, 0.717) is 11.5 Å². The number of ether oxygens (including phenoxy) is 2. The van der Waals surface area contributed by atoms with Crippen LogP contribution in [0.4, 0.5) is 5.69 Å². The van der Waals surface area contributed by atoms with Crippen LogP contribution in [0.3, 0.4) is 0 Å². The van der Waals surface area contributed by atoms with E-state index in [2.05, 4.69) is 4.72 Å². The van der Waals surface area contributed by atoms with Crippen molar-refractivity contribution in [2.75, 3.05) is 25.7 Å². The molecule has 7 nitrogen and oxygen atoms in total. The molecule has 2 aromatic carbocycles. The van der Waals surface area contributed by atoms with E-state index in [-0.39, 0.29) is 23.8 Å². The minimum absolute atomic E-state index is 0.0568. The summed E-state index contributed by atoms with van der Waals surface area (Å²) in [6.07, 6.45) is 0.112. The molecule has 1 heterocycles. The van der Waals surface area contributed by atoms with Crippen LogP contribution in [-0.2, 0) is 14.8 Å². The molecular weight excluding hydrogens is 368 g/mol. The molecule has 1 N–H and O–H groups in total. The van der Waals surface area contributed by atoms with Gasteiger partial charge in [-0.05, 0) is 31.2 Å². The number of anilines is 1. The van der Waals surface area contributed by atoms with Crippen LogP contribution in [0.25, 0.3) is 0 Å². The first kappa shape index (κ1) is 19.2. The summed E-state index contributed by atoms with van der Waals surface area (Å²) in [6, 6.07) is 11.4. The third kappa shape index (κ3) is 4.06. The molecule has 3 rings (SSSR count). The standard InChI is InChI=1S/C19H22N2O5S/c1-13-4-6-15(7-5-13)21-12-14(10-19(21)22)20-27(23,24)16-8-9-17(25-2)18(11-16)26-3/h4-9,11,14,20H,10,12H2,1-3H3. The van der Waals surface area contributed by atoms with E-state index in [1.54, 1.807) is 4.90 Å². The van der Waals surface area contributed by atoms with E-state index in [0.717, 1.165) is 11.3 Å². The third-order valence-corrected chi connectivity index (χ3v) is 5.98. The van der Waals surface area contributed by atoms with Crippen molar-refractivity contribution in [1.82, 2.24) is 4.72 Å². The van der Waals surface area contributed by atoms with Crippen molar-refractivity contribution in [1.29, 1.82) is 0 Å². The Kier molecular flexibility index (Phi) is 5.38. The Bertz CT molecular complexity index is 941. The summed E-state index contributed by atoms with van der Waals surface area (Å²) in [5, 5.41) is 0. The highest BCUT2D eigenvalue weighted by Gasteiger charge is 2.33. The molecule has 0 radical (unpaired) electrons. The number of sulfonamides is 1. The molecule has 1 amide bonds. The van der Waals surface area contributed by atoms with Crippen molar-refractivity contribution < 1.29 is 22.7 Å². The van der Waals surface area contributed by atoms with Crippen LogP contribution in [0.5, 0.6) is 11.5 Å². The summed E-state index contributed by atoms with van der Waals surface area (Å²) in [4.78, 5) is 14.0. The smallest absolute Gasteiger partial charge is 0.241 e. The quantitative estimate of drug-likeness (QED) is 0.816. The molecule has 1 atom stereocenters. The van der Waals surface area contributed by atoms with Crippen molar-refractivity contribution in [3.63, 3.8) is 0 Å². The van der Waals surface area contributed by atoms with Gasteiger partial charge in [0.05, 0.1) is 19.1 Å². The number of amides is 1. The van der Waals surface area contributed by atoms with Crippen molar-refractivity contribution in [2.24, 2.45) is 0 Å². The molecule has 1 aliphatic heterocycles. The summed E-state index contributed by atoms with van der Waals surface area (Å²) in [5.74, 6) is 0.654. The summed E-state index contributed by atoms with van der Waals surface area (Å²) < 4.78 is 38.3. The Hall–Kier alpha value is -2.58. The first-order valence-corrected chi connectivity index (χ1v) is 9.94. The van der Waals surface area contributed by atoms with E-state index in [9.17, 15) is 13.2 Å². The zero-order chi connectivity index (χ0) is 19.6. The minimum Gasteiger partial charge on any atom is -0.493 e. The molecule has 0 bridgehead atoms. The highest BCUT2D eigenvalue weighted by Crippen LogP contribution is 2.30. The number of carbonyl (C=O) groups is 1. The van der Waals surface area contributed by atoms with Crippen LogP contribution in [0.2, 0.25) is 0 Å². The lowest BCUT2D eigenvalue weighted by atomic mass is 10.2. The van der Waals surface area contributed by atoms with Crippen LogP contribution >= 0.6 is 0 Å². The van der Waals surface area contributed by atoms with Crippen LogP contribution in [-0.4, -0.2) is 41.1 Å². The normalized spacial score (nSPS) is 17.2. The van der Waals surface area contributed by atoms with E-state index in [1.807, 2.05) is 31.2 Å². The second kappa shape index (κ2) is 7.58. The van der Waals surface area contributed by atoms with E-state index in [1.165, 1.54) is 32.4 Å². The number of nitrogens with zero attached hydrogens (tertiary/aromatic N) is 1. The van der Waals surface area contributed by atoms with Gasteiger partial charge in [-0.3, -0.25) is 4.79 Å². The number of aryl methyl sites for hydroxylation is 1. The lowest BCUT2D eigenvalue weighted by Gasteiger charge is -2.18. The topological polar surface area (TPSA) is 84.9 Å². The predicted molar refractivity (Wildman–Crippen MR) is 102 cm³/mol. The molecule has 0 saturated carbocycles. The number of methoxy groups -OCH3 is 2. The number of nitrogens with one attached hydrogen (secondary N) is 1. The lowest BCUT2D eigenvalue weighted by molar-refractivity contribution is -0.117.